The molecule has 1 aromatic rings. The molecule has 1 aromatic carbocycles. The summed E-state index contributed by atoms with van der Waals surface area (Å²) in [5.41, 5.74) is 5.01. The van der Waals surface area contributed by atoms with Crippen LogP contribution in [0.2, 0.25) is 0 Å². The first-order valence-electron chi connectivity index (χ1n) is 4.10. The Hall–Kier alpha value is -1.01. The van der Waals surface area contributed by atoms with Gasteiger partial charge in [-0.3, -0.25) is 0 Å². The molecule has 92 valence electrons. The van der Waals surface area contributed by atoms with Crippen LogP contribution in [0.15, 0.2) is 24.3 Å². The topological polar surface area (TPSA) is 35.2 Å². The number of ether oxygens (including phenoxy) is 1. The van der Waals surface area contributed by atoms with Crippen LogP contribution >= 0.6 is 12.4 Å². The quantitative estimate of drug-likeness (QED) is 0.844. The summed E-state index contributed by atoms with van der Waals surface area (Å²) in [7, 11) is 0. The van der Waals surface area contributed by atoms with E-state index in [2.05, 4.69) is 4.74 Å². The lowest BCUT2D eigenvalue weighted by Gasteiger charge is -2.15. The Kier molecular flexibility index (Phi) is 6.13. The van der Waals surface area contributed by atoms with E-state index in [0.717, 1.165) is 0 Å². The zero-order valence-corrected chi connectivity index (χ0v) is 8.76. The van der Waals surface area contributed by atoms with Crippen LogP contribution in [0.3, 0.4) is 0 Å². The van der Waals surface area contributed by atoms with Gasteiger partial charge < -0.3 is 10.5 Å². The van der Waals surface area contributed by atoms with E-state index in [9.17, 15) is 17.6 Å². The third-order valence-electron chi connectivity index (χ3n) is 1.77. The molecule has 1 atom stereocenters. The second-order valence-electron chi connectivity index (χ2n) is 2.78. The van der Waals surface area contributed by atoms with Gasteiger partial charge in [-0.2, -0.15) is 8.78 Å². The maximum absolute atomic E-state index is 12.3. The molecule has 0 saturated heterocycles. The van der Waals surface area contributed by atoms with Gasteiger partial charge in [0, 0.05) is 5.56 Å². The molecular weight excluding hydrogens is 250 g/mol. The fraction of sp³-hybridized carbons (Fsp3) is 0.333. The highest BCUT2D eigenvalue weighted by atomic mass is 35.5. The fourth-order valence-corrected chi connectivity index (χ4v) is 1.09. The molecule has 16 heavy (non-hydrogen) atoms. The normalized spacial score (nSPS) is 12.4. The molecular formula is C9H10ClF4NO. The van der Waals surface area contributed by atoms with E-state index in [1.165, 1.54) is 24.3 Å². The molecule has 2 N–H and O–H groups in total. The molecule has 0 saturated carbocycles. The van der Waals surface area contributed by atoms with Gasteiger partial charge in [0.1, 0.15) is 5.75 Å². The second kappa shape index (κ2) is 6.55. The minimum atomic E-state index is -3.06. The lowest BCUT2D eigenvalue weighted by Crippen LogP contribution is -2.20. The van der Waals surface area contributed by atoms with Crippen molar-refractivity contribution >= 4 is 12.4 Å². The zero-order valence-electron chi connectivity index (χ0n) is 7.95. The molecule has 0 unspecified atom stereocenters. The second-order valence-corrected chi connectivity index (χ2v) is 2.78. The molecule has 0 aliphatic rings. The molecule has 0 spiro atoms. The summed E-state index contributed by atoms with van der Waals surface area (Å²) in [6, 6.07) is 3.60. The Labute approximate surface area is 95.8 Å². The molecule has 0 heterocycles. The Morgan fingerprint density at radius 3 is 2.12 bits per heavy atom. The third kappa shape index (κ3) is 3.86. The number of benzene rings is 1. The van der Waals surface area contributed by atoms with Crippen molar-refractivity contribution in [3.05, 3.63) is 29.8 Å². The van der Waals surface area contributed by atoms with Gasteiger partial charge in [-0.15, -0.1) is 12.4 Å². The van der Waals surface area contributed by atoms with E-state index in [1.807, 2.05) is 0 Å². The first kappa shape index (κ1) is 15.0. The average molecular weight is 260 g/mol. The SMILES string of the molecule is Cl.N[C@@H](c1ccccc1OC(F)F)C(F)F. The van der Waals surface area contributed by atoms with Crippen LogP contribution < -0.4 is 10.5 Å². The number of nitrogens with two attached hydrogens (primary N) is 1. The summed E-state index contributed by atoms with van der Waals surface area (Å²) in [6.07, 6.45) is -2.83. The van der Waals surface area contributed by atoms with Gasteiger partial charge in [-0.05, 0) is 6.07 Å². The Bertz CT molecular complexity index is 324. The van der Waals surface area contributed by atoms with E-state index in [1.54, 1.807) is 0 Å². The summed E-state index contributed by atoms with van der Waals surface area (Å²) >= 11 is 0. The van der Waals surface area contributed by atoms with Gasteiger partial charge in [0.15, 0.2) is 0 Å². The first-order chi connectivity index (χ1) is 7.02. The van der Waals surface area contributed by atoms with E-state index in [-0.39, 0.29) is 23.7 Å². The summed E-state index contributed by atoms with van der Waals surface area (Å²) in [4.78, 5) is 0. The van der Waals surface area contributed by atoms with Crippen LogP contribution in [0.25, 0.3) is 0 Å². The Morgan fingerprint density at radius 1 is 1.06 bits per heavy atom. The zero-order chi connectivity index (χ0) is 11.4. The monoisotopic (exact) mass is 259 g/mol. The third-order valence-corrected chi connectivity index (χ3v) is 1.77. The first-order valence-corrected chi connectivity index (χ1v) is 4.10. The van der Waals surface area contributed by atoms with Crippen molar-refractivity contribution in [1.82, 2.24) is 0 Å². The molecule has 0 amide bonds. The van der Waals surface area contributed by atoms with Crippen LogP contribution in [0, 0.1) is 0 Å². The van der Waals surface area contributed by atoms with Crippen molar-refractivity contribution < 1.29 is 22.3 Å². The smallest absolute Gasteiger partial charge is 0.387 e. The number of halogens is 5. The predicted molar refractivity (Wildman–Crippen MR) is 53.3 cm³/mol. The number of rotatable bonds is 4. The van der Waals surface area contributed by atoms with Crippen molar-refractivity contribution in [3.8, 4) is 5.75 Å². The van der Waals surface area contributed by atoms with Crippen LogP contribution in [0.5, 0.6) is 5.75 Å². The minimum absolute atomic E-state index is 0. The van der Waals surface area contributed by atoms with Gasteiger partial charge in [-0.25, -0.2) is 8.78 Å². The van der Waals surface area contributed by atoms with E-state index in [0.29, 0.717) is 0 Å². The molecule has 0 aliphatic carbocycles. The summed E-state index contributed by atoms with van der Waals surface area (Å²) in [5, 5.41) is 0. The van der Waals surface area contributed by atoms with Crippen molar-refractivity contribution in [2.24, 2.45) is 5.73 Å². The van der Waals surface area contributed by atoms with Crippen LogP contribution in [0.4, 0.5) is 17.6 Å². The molecule has 7 heteroatoms. The number of para-hydroxylation sites is 1. The fourth-order valence-electron chi connectivity index (χ4n) is 1.09. The van der Waals surface area contributed by atoms with Gasteiger partial charge in [0.25, 0.3) is 6.43 Å². The van der Waals surface area contributed by atoms with Crippen LogP contribution in [-0.2, 0) is 0 Å². The van der Waals surface area contributed by atoms with E-state index < -0.39 is 19.1 Å². The van der Waals surface area contributed by atoms with Gasteiger partial charge in [-0.1, -0.05) is 18.2 Å². The molecule has 1 rings (SSSR count). The Morgan fingerprint density at radius 2 is 1.62 bits per heavy atom. The van der Waals surface area contributed by atoms with Gasteiger partial charge >= 0.3 is 6.61 Å². The molecule has 0 radical (unpaired) electrons. The van der Waals surface area contributed by atoms with Crippen molar-refractivity contribution in [2.45, 2.75) is 19.1 Å². The van der Waals surface area contributed by atoms with Crippen LogP contribution in [-0.4, -0.2) is 13.0 Å². The highest BCUT2D eigenvalue weighted by Gasteiger charge is 2.22. The van der Waals surface area contributed by atoms with Gasteiger partial charge in [0.05, 0.1) is 6.04 Å². The summed E-state index contributed by atoms with van der Waals surface area (Å²) in [6.45, 7) is -3.06. The van der Waals surface area contributed by atoms with Crippen molar-refractivity contribution in [3.63, 3.8) is 0 Å². The standard InChI is InChI=1S/C9H9F4NO.ClH/c10-8(11)7(14)5-3-1-2-4-6(5)15-9(12)13;/h1-4,7-9H,14H2;1H/t7-;/m0./s1. The maximum atomic E-state index is 12.3. The minimum Gasteiger partial charge on any atom is -0.434 e. The molecule has 0 fully saturated rings. The largest absolute Gasteiger partial charge is 0.434 e. The lowest BCUT2D eigenvalue weighted by molar-refractivity contribution is -0.0512. The Balaban J connectivity index is 0.00000225. The molecule has 2 nitrogen and oxygen atoms in total. The summed E-state index contributed by atoms with van der Waals surface area (Å²) in [5.74, 6) is -0.319. The van der Waals surface area contributed by atoms with Crippen molar-refractivity contribution in [1.29, 1.82) is 0 Å². The van der Waals surface area contributed by atoms with Gasteiger partial charge in [0.2, 0.25) is 0 Å². The number of alkyl halides is 4. The number of hydrogen-bond acceptors (Lipinski definition) is 2. The number of hydrogen-bond donors (Lipinski definition) is 1. The van der Waals surface area contributed by atoms with E-state index in [4.69, 9.17) is 5.73 Å². The molecule has 0 aromatic heterocycles. The predicted octanol–water partition coefficient (Wildman–Crippen LogP) is 2.97. The van der Waals surface area contributed by atoms with Crippen LogP contribution in [0.1, 0.15) is 11.6 Å². The highest BCUT2D eigenvalue weighted by Crippen LogP contribution is 2.28. The summed E-state index contributed by atoms with van der Waals surface area (Å²) < 4.78 is 52.4. The molecule has 0 bridgehead atoms. The molecule has 0 aliphatic heterocycles. The average Bonchev–Trinajstić information content (AvgIpc) is 2.16. The van der Waals surface area contributed by atoms with E-state index >= 15 is 0 Å². The highest BCUT2D eigenvalue weighted by molar-refractivity contribution is 5.85. The lowest BCUT2D eigenvalue weighted by atomic mass is 10.1. The van der Waals surface area contributed by atoms with Crippen molar-refractivity contribution in [2.75, 3.05) is 0 Å². The maximum Gasteiger partial charge on any atom is 0.387 e.